The molecule has 0 heterocycles. The van der Waals surface area contributed by atoms with E-state index in [2.05, 4.69) is 31.9 Å². The highest BCUT2D eigenvalue weighted by Crippen LogP contribution is 2.37. The molecule has 5 nitrogen and oxygen atoms in total. The van der Waals surface area contributed by atoms with Gasteiger partial charge in [-0.15, -0.1) is 0 Å². The van der Waals surface area contributed by atoms with Gasteiger partial charge in [0.15, 0.2) is 19.6 Å². The average molecular weight is 761 g/mol. The van der Waals surface area contributed by atoms with Crippen molar-refractivity contribution in [2.24, 2.45) is 0 Å². The number of carbonyl (C=O) groups excluding carboxylic acids is 1. The van der Waals surface area contributed by atoms with Gasteiger partial charge in [-0.05, 0) is 87.4 Å². The number of rotatable bonds is 12. The zero-order chi connectivity index (χ0) is 32.1. The Hall–Kier alpha value is -2.27. The molecule has 9 heteroatoms. The van der Waals surface area contributed by atoms with Gasteiger partial charge in [-0.1, -0.05) is 56.1 Å². The van der Waals surface area contributed by atoms with Crippen LogP contribution in [0.3, 0.4) is 0 Å². The van der Waals surface area contributed by atoms with E-state index >= 15 is 0 Å². The molecule has 232 valence electrons. The van der Waals surface area contributed by atoms with E-state index in [1.807, 2.05) is 76.2 Å². The zero-order valence-corrected chi connectivity index (χ0v) is 30.4. The smallest absolute Gasteiger partial charge is 0.164 e. The predicted octanol–water partition coefficient (Wildman–Crippen LogP) is 8.50. The van der Waals surface area contributed by atoms with Crippen LogP contribution >= 0.6 is 31.9 Å². The molecule has 0 amide bonds. The van der Waals surface area contributed by atoms with Crippen molar-refractivity contribution in [1.29, 1.82) is 0 Å². The van der Waals surface area contributed by atoms with Gasteiger partial charge >= 0.3 is 0 Å². The molecular formula is C35H36Br2O5S2. The monoisotopic (exact) mass is 758 g/mol. The van der Waals surface area contributed by atoms with Crippen molar-refractivity contribution >= 4 is 60.0 Å². The SMILES string of the molecule is COc1ccc([S+]([O-])c2c(C)cc(C(CBr)C(=O)C(CBr)c3cc(C)c([S+]([O-])c4ccc(OC)cc4)c(C)c3)cc2C)cc1. The van der Waals surface area contributed by atoms with Crippen LogP contribution in [-0.2, 0) is 27.1 Å². The molecule has 0 bridgehead atoms. The van der Waals surface area contributed by atoms with Gasteiger partial charge in [0, 0.05) is 55.3 Å². The summed E-state index contributed by atoms with van der Waals surface area (Å²) < 4.78 is 37.5. The number of halogens is 2. The molecule has 0 radical (unpaired) electrons. The van der Waals surface area contributed by atoms with Gasteiger partial charge in [-0.2, -0.15) is 0 Å². The third-order valence-electron chi connectivity index (χ3n) is 7.68. The second kappa shape index (κ2) is 15.3. The Morgan fingerprint density at radius 2 is 0.932 bits per heavy atom. The molecule has 4 aromatic rings. The topological polar surface area (TPSA) is 81.7 Å². The van der Waals surface area contributed by atoms with E-state index in [0.29, 0.717) is 32.0 Å². The first-order valence-corrected chi connectivity index (χ1v) is 18.6. The minimum absolute atomic E-state index is 0.0735. The third kappa shape index (κ3) is 7.40. The molecule has 0 spiro atoms. The van der Waals surface area contributed by atoms with E-state index in [0.717, 1.165) is 43.2 Å². The minimum Gasteiger partial charge on any atom is -0.606 e. The Labute approximate surface area is 283 Å². The lowest BCUT2D eigenvalue weighted by Crippen LogP contribution is -2.24. The second-order valence-electron chi connectivity index (χ2n) is 10.7. The van der Waals surface area contributed by atoms with Crippen molar-refractivity contribution in [1.82, 2.24) is 0 Å². The molecule has 0 aliphatic rings. The molecule has 4 aromatic carbocycles. The number of methoxy groups -OCH3 is 2. The fourth-order valence-corrected chi connectivity index (χ4v) is 9.52. The lowest BCUT2D eigenvalue weighted by molar-refractivity contribution is -0.121. The number of benzene rings is 4. The van der Waals surface area contributed by atoms with E-state index in [9.17, 15) is 13.9 Å². The lowest BCUT2D eigenvalue weighted by Gasteiger charge is -2.24. The first-order chi connectivity index (χ1) is 21.0. The van der Waals surface area contributed by atoms with Crippen molar-refractivity contribution in [3.05, 3.63) is 106 Å². The van der Waals surface area contributed by atoms with E-state index in [1.165, 1.54) is 0 Å². The number of ketones is 1. The number of hydrogen-bond donors (Lipinski definition) is 0. The highest BCUT2D eigenvalue weighted by molar-refractivity contribution is 9.09. The number of carbonyl (C=O) groups is 1. The normalized spacial score (nSPS) is 14.0. The summed E-state index contributed by atoms with van der Waals surface area (Å²) in [7, 11) is 3.20. The van der Waals surface area contributed by atoms with Crippen LogP contribution in [0.2, 0.25) is 0 Å². The average Bonchev–Trinajstić information content (AvgIpc) is 3.01. The van der Waals surface area contributed by atoms with Crippen molar-refractivity contribution in [3.63, 3.8) is 0 Å². The number of aryl methyl sites for hydroxylation is 4. The second-order valence-corrected chi connectivity index (χ2v) is 14.8. The van der Waals surface area contributed by atoms with E-state index in [1.54, 1.807) is 38.5 Å². The van der Waals surface area contributed by atoms with Gasteiger partial charge in [0.2, 0.25) is 0 Å². The van der Waals surface area contributed by atoms with Crippen molar-refractivity contribution in [2.75, 3.05) is 24.9 Å². The van der Waals surface area contributed by atoms with Crippen LogP contribution in [0.25, 0.3) is 0 Å². The summed E-state index contributed by atoms with van der Waals surface area (Å²) >= 11 is 4.47. The minimum atomic E-state index is -1.37. The summed E-state index contributed by atoms with van der Waals surface area (Å²) in [6, 6.07) is 22.4. The molecule has 0 aliphatic heterocycles. The summed E-state index contributed by atoms with van der Waals surface area (Å²) in [6.45, 7) is 7.78. The molecular weight excluding hydrogens is 724 g/mol. The summed E-state index contributed by atoms with van der Waals surface area (Å²) in [5.74, 6) is 0.670. The van der Waals surface area contributed by atoms with Crippen molar-refractivity contribution < 1.29 is 23.4 Å². The maximum Gasteiger partial charge on any atom is 0.164 e. The van der Waals surface area contributed by atoms with Gasteiger partial charge < -0.3 is 18.6 Å². The van der Waals surface area contributed by atoms with Crippen molar-refractivity contribution in [2.45, 2.75) is 59.1 Å². The van der Waals surface area contributed by atoms with Crippen LogP contribution in [-0.4, -0.2) is 39.8 Å². The fraction of sp³-hybridized carbons (Fsp3) is 0.286. The fourth-order valence-electron chi connectivity index (χ4n) is 5.49. The maximum atomic E-state index is 14.1. The number of ether oxygens (including phenoxy) is 2. The summed E-state index contributed by atoms with van der Waals surface area (Å²) in [5.41, 5.74) is 5.27. The Morgan fingerprint density at radius 1 is 0.636 bits per heavy atom. The van der Waals surface area contributed by atoms with E-state index in [4.69, 9.17) is 9.47 Å². The summed E-state index contributed by atoms with van der Waals surface area (Å²) in [4.78, 5) is 17.0. The van der Waals surface area contributed by atoms with Gasteiger partial charge in [0.1, 0.15) is 17.3 Å². The molecule has 4 unspecified atom stereocenters. The standard InChI is InChI=1S/C35H36Br2O5S2/c1-21-15-25(16-22(2)34(21)43(39)29-11-7-27(41-5)8-12-29)31(19-36)33(38)32(20-37)26-17-23(3)35(24(4)18-26)44(40)30-13-9-28(42-6)10-14-30/h7-18,31-32H,19-20H2,1-6H3. The molecule has 0 saturated heterocycles. The van der Waals surface area contributed by atoms with Gasteiger partial charge in [-0.25, -0.2) is 0 Å². The number of hydrogen-bond acceptors (Lipinski definition) is 5. The molecule has 4 atom stereocenters. The first-order valence-electron chi connectivity index (χ1n) is 14.0. The molecule has 0 N–H and O–H groups in total. The molecule has 0 aliphatic carbocycles. The van der Waals surface area contributed by atoms with Crippen LogP contribution < -0.4 is 9.47 Å². The highest BCUT2D eigenvalue weighted by atomic mass is 79.9. The molecule has 0 aromatic heterocycles. The first kappa shape index (κ1) is 34.6. The van der Waals surface area contributed by atoms with E-state index < -0.39 is 34.2 Å². The Balaban J connectivity index is 1.62. The third-order valence-corrected chi connectivity index (χ3v) is 12.4. The Kier molecular flexibility index (Phi) is 12.1. The highest BCUT2D eigenvalue weighted by Gasteiger charge is 2.32. The summed E-state index contributed by atoms with van der Waals surface area (Å²) in [5, 5.41) is 0.902. The van der Waals surface area contributed by atoms with Crippen LogP contribution in [0.5, 0.6) is 11.5 Å². The lowest BCUT2D eigenvalue weighted by atomic mass is 9.84. The Bertz CT molecular complexity index is 1440. The molecule has 0 fully saturated rings. The van der Waals surface area contributed by atoms with Crippen LogP contribution in [0.4, 0.5) is 0 Å². The van der Waals surface area contributed by atoms with Gasteiger partial charge in [0.25, 0.3) is 0 Å². The molecule has 4 rings (SSSR count). The van der Waals surface area contributed by atoms with Crippen molar-refractivity contribution in [3.8, 4) is 11.5 Å². The van der Waals surface area contributed by atoms with Crippen LogP contribution in [0, 0.1) is 27.7 Å². The number of alkyl halides is 2. The van der Waals surface area contributed by atoms with Crippen LogP contribution in [0.1, 0.15) is 45.2 Å². The largest absolute Gasteiger partial charge is 0.606 e. The van der Waals surface area contributed by atoms with E-state index in [-0.39, 0.29) is 5.78 Å². The number of Topliss-reactive ketones (excluding diaryl/α,β-unsaturated/α-hetero) is 1. The van der Waals surface area contributed by atoms with Gasteiger partial charge in [0.05, 0.1) is 26.1 Å². The van der Waals surface area contributed by atoms with Crippen LogP contribution in [0.15, 0.2) is 92.4 Å². The quantitative estimate of drug-likeness (QED) is 0.107. The zero-order valence-electron chi connectivity index (χ0n) is 25.6. The predicted molar refractivity (Wildman–Crippen MR) is 185 cm³/mol. The summed E-state index contributed by atoms with van der Waals surface area (Å²) in [6.07, 6.45) is 0. The molecule has 44 heavy (non-hydrogen) atoms. The Morgan fingerprint density at radius 3 is 1.18 bits per heavy atom. The molecule has 0 saturated carbocycles. The maximum absolute atomic E-state index is 14.1. The van der Waals surface area contributed by atoms with Gasteiger partial charge in [-0.3, -0.25) is 4.79 Å².